The van der Waals surface area contributed by atoms with Gasteiger partial charge in [-0.2, -0.15) is 0 Å². The summed E-state index contributed by atoms with van der Waals surface area (Å²) in [4.78, 5) is 11.9. The van der Waals surface area contributed by atoms with E-state index in [0.717, 1.165) is 6.54 Å². The number of carbonyl (C=O) groups is 1. The molecule has 100 valence electrons. The average molecular weight is 263 g/mol. The summed E-state index contributed by atoms with van der Waals surface area (Å²) < 4.78 is 5.29. The van der Waals surface area contributed by atoms with Gasteiger partial charge in [0.25, 0.3) is 0 Å². The predicted octanol–water partition coefficient (Wildman–Crippen LogP) is 1.09. The topological polar surface area (TPSA) is 50.4 Å². The Morgan fingerprint density at radius 2 is 2.12 bits per heavy atom. The largest absolute Gasteiger partial charge is 0.378 e. The van der Waals surface area contributed by atoms with Gasteiger partial charge in [0.1, 0.15) is 6.04 Å². The van der Waals surface area contributed by atoms with Gasteiger partial charge in [-0.25, -0.2) is 0 Å². The standard InChI is InChI=1S/C12H22N2O2.ClH/c1-9(10-4-2-3-5-10)14-12(15)11-8-16-7-6-13-11;/h9-11,13H,2-8H2,1H3,(H,14,15);1H. The number of rotatable bonds is 3. The molecule has 2 fully saturated rings. The van der Waals surface area contributed by atoms with Crippen molar-refractivity contribution in [3.63, 3.8) is 0 Å². The lowest BCUT2D eigenvalue weighted by molar-refractivity contribution is -0.126. The van der Waals surface area contributed by atoms with E-state index in [1.165, 1.54) is 25.7 Å². The van der Waals surface area contributed by atoms with Crippen molar-refractivity contribution in [2.45, 2.75) is 44.7 Å². The van der Waals surface area contributed by atoms with Crippen LogP contribution in [0.3, 0.4) is 0 Å². The summed E-state index contributed by atoms with van der Waals surface area (Å²) in [7, 11) is 0. The SMILES string of the molecule is CC(NC(=O)C1COCCN1)C1CCCC1.Cl. The third-order valence-electron chi connectivity index (χ3n) is 3.72. The van der Waals surface area contributed by atoms with Crippen LogP contribution in [0.5, 0.6) is 0 Å². The van der Waals surface area contributed by atoms with Crippen LogP contribution in [0.25, 0.3) is 0 Å². The number of nitrogens with one attached hydrogen (secondary N) is 2. The van der Waals surface area contributed by atoms with Crippen molar-refractivity contribution in [3.8, 4) is 0 Å². The van der Waals surface area contributed by atoms with Gasteiger partial charge in [-0.1, -0.05) is 12.8 Å². The molecule has 1 amide bonds. The Hall–Kier alpha value is -0.320. The van der Waals surface area contributed by atoms with Gasteiger partial charge in [0.2, 0.25) is 5.91 Å². The summed E-state index contributed by atoms with van der Waals surface area (Å²) in [5.41, 5.74) is 0. The number of amides is 1. The van der Waals surface area contributed by atoms with Gasteiger partial charge in [0.05, 0.1) is 13.2 Å². The van der Waals surface area contributed by atoms with Gasteiger partial charge in [-0.15, -0.1) is 12.4 Å². The minimum absolute atomic E-state index is 0. The second-order valence-corrected chi connectivity index (χ2v) is 4.92. The van der Waals surface area contributed by atoms with Crippen LogP contribution in [-0.4, -0.2) is 37.7 Å². The first-order valence-electron chi connectivity index (χ1n) is 6.39. The van der Waals surface area contributed by atoms with Crippen LogP contribution in [0.2, 0.25) is 0 Å². The highest BCUT2D eigenvalue weighted by molar-refractivity contribution is 5.85. The maximum absolute atomic E-state index is 11.9. The van der Waals surface area contributed by atoms with Crippen LogP contribution in [0.1, 0.15) is 32.6 Å². The lowest BCUT2D eigenvalue weighted by Crippen LogP contribution is -2.53. The molecule has 0 aromatic rings. The fraction of sp³-hybridized carbons (Fsp3) is 0.917. The molecular weight excluding hydrogens is 240 g/mol. The number of ether oxygens (including phenoxy) is 1. The molecule has 0 radical (unpaired) electrons. The van der Waals surface area contributed by atoms with E-state index in [1.54, 1.807) is 0 Å². The van der Waals surface area contributed by atoms with E-state index in [1.807, 2.05) is 0 Å². The summed E-state index contributed by atoms with van der Waals surface area (Å²) in [6.45, 7) is 4.11. The maximum Gasteiger partial charge on any atom is 0.239 e. The number of hydrogen-bond acceptors (Lipinski definition) is 3. The third kappa shape index (κ3) is 4.12. The molecule has 2 aliphatic rings. The minimum Gasteiger partial charge on any atom is -0.378 e. The van der Waals surface area contributed by atoms with Crippen molar-refractivity contribution in [1.29, 1.82) is 0 Å². The van der Waals surface area contributed by atoms with Crippen molar-refractivity contribution in [2.24, 2.45) is 5.92 Å². The van der Waals surface area contributed by atoms with E-state index >= 15 is 0 Å². The normalized spacial score (nSPS) is 27.2. The number of hydrogen-bond donors (Lipinski definition) is 2. The van der Waals surface area contributed by atoms with Crippen LogP contribution < -0.4 is 10.6 Å². The number of morpholine rings is 1. The van der Waals surface area contributed by atoms with Crippen molar-refractivity contribution in [1.82, 2.24) is 10.6 Å². The van der Waals surface area contributed by atoms with E-state index in [2.05, 4.69) is 17.6 Å². The molecule has 0 spiro atoms. The Kier molecular flexibility index (Phi) is 6.23. The van der Waals surface area contributed by atoms with E-state index in [4.69, 9.17) is 4.74 Å². The summed E-state index contributed by atoms with van der Waals surface area (Å²) in [6, 6.07) is 0.149. The molecule has 1 saturated carbocycles. The first-order chi connectivity index (χ1) is 7.77. The Bertz CT molecular complexity index is 239. The molecule has 0 aromatic heterocycles. The summed E-state index contributed by atoms with van der Waals surface area (Å²) in [6.07, 6.45) is 5.15. The monoisotopic (exact) mass is 262 g/mol. The Morgan fingerprint density at radius 1 is 1.41 bits per heavy atom. The van der Waals surface area contributed by atoms with Gasteiger partial charge >= 0.3 is 0 Å². The summed E-state index contributed by atoms with van der Waals surface area (Å²) in [5.74, 6) is 0.771. The highest BCUT2D eigenvalue weighted by Gasteiger charge is 2.26. The highest BCUT2D eigenvalue weighted by Crippen LogP contribution is 2.27. The lowest BCUT2D eigenvalue weighted by atomic mass is 9.99. The van der Waals surface area contributed by atoms with Crippen LogP contribution in [0, 0.1) is 5.92 Å². The van der Waals surface area contributed by atoms with Gasteiger partial charge in [0.15, 0.2) is 0 Å². The molecule has 4 nitrogen and oxygen atoms in total. The number of carbonyl (C=O) groups excluding carboxylic acids is 1. The first kappa shape index (κ1) is 14.7. The minimum atomic E-state index is -0.155. The quantitative estimate of drug-likeness (QED) is 0.801. The zero-order valence-electron chi connectivity index (χ0n) is 10.4. The molecule has 1 aliphatic heterocycles. The van der Waals surface area contributed by atoms with E-state index in [0.29, 0.717) is 25.2 Å². The van der Waals surface area contributed by atoms with Crippen molar-refractivity contribution >= 4 is 18.3 Å². The van der Waals surface area contributed by atoms with Gasteiger partial charge in [-0.05, 0) is 25.7 Å². The Labute approximate surface area is 109 Å². The molecule has 1 heterocycles. The molecule has 17 heavy (non-hydrogen) atoms. The maximum atomic E-state index is 11.9. The fourth-order valence-corrected chi connectivity index (χ4v) is 2.63. The molecule has 1 aliphatic carbocycles. The summed E-state index contributed by atoms with van der Waals surface area (Å²) >= 11 is 0. The van der Waals surface area contributed by atoms with Crippen LogP contribution in [0.15, 0.2) is 0 Å². The fourth-order valence-electron chi connectivity index (χ4n) is 2.63. The smallest absolute Gasteiger partial charge is 0.239 e. The molecule has 0 aromatic carbocycles. The Morgan fingerprint density at radius 3 is 2.71 bits per heavy atom. The molecule has 1 saturated heterocycles. The second-order valence-electron chi connectivity index (χ2n) is 4.92. The summed E-state index contributed by atoms with van der Waals surface area (Å²) in [5, 5.41) is 6.29. The second kappa shape index (κ2) is 7.19. The number of halogens is 1. The molecule has 2 rings (SSSR count). The van der Waals surface area contributed by atoms with Crippen LogP contribution >= 0.6 is 12.4 Å². The van der Waals surface area contributed by atoms with Gasteiger partial charge in [-0.3, -0.25) is 4.79 Å². The molecule has 2 unspecified atom stereocenters. The molecule has 5 heteroatoms. The highest BCUT2D eigenvalue weighted by atomic mass is 35.5. The van der Waals surface area contributed by atoms with Gasteiger partial charge in [0, 0.05) is 12.6 Å². The van der Waals surface area contributed by atoms with Crippen LogP contribution in [-0.2, 0) is 9.53 Å². The first-order valence-corrected chi connectivity index (χ1v) is 6.39. The molecular formula is C12H23ClN2O2. The van der Waals surface area contributed by atoms with E-state index in [9.17, 15) is 4.79 Å². The van der Waals surface area contributed by atoms with Crippen molar-refractivity contribution in [2.75, 3.05) is 19.8 Å². The van der Waals surface area contributed by atoms with Gasteiger partial charge < -0.3 is 15.4 Å². The molecule has 0 bridgehead atoms. The Balaban J connectivity index is 0.00000144. The predicted molar refractivity (Wildman–Crippen MR) is 69.4 cm³/mol. The van der Waals surface area contributed by atoms with E-state index < -0.39 is 0 Å². The third-order valence-corrected chi connectivity index (χ3v) is 3.72. The molecule has 2 N–H and O–H groups in total. The average Bonchev–Trinajstić information content (AvgIpc) is 2.83. The van der Waals surface area contributed by atoms with Crippen molar-refractivity contribution < 1.29 is 9.53 Å². The lowest BCUT2D eigenvalue weighted by Gasteiger charge is -2.26. The zero-order chi connectivity index (χ0) is 11.4. The zero-order valence-corrected chi connectivity index (χ0v) is 11.2. The molecule has 2 atom stereocenters. The van der Waals surface area contributed by atoms with Crippen molar-refractivity contribution in [3.05, 3.63) is 0 Å². The van der Waals surface area contributed by atoms with E-state index in [-0.39, 0.29) is 24.4 Å². The van der Waals surface area contributed by atoms with Crippen LogP contribution in [0.4, 0.5) is 0 Å².